The highest BCUT2D eigenvalue weighted by atomic mass is 16.5. The second kappa shape index (κ2) is 8.14. The van der Waals surface area contributed by atoms with E-state index < -0.39 is 5.92 Å². The predicted octanol–water partition coefficient (Wildman–Crippen LogP) is 4.17. The van der Waals surface area contributed by atoms with Gasteiger partial charge < -0.3 is 15.0 Å². The monoisotopic (exact) mass is 387 g/mol. The van der Waals surface area contributed by atoms with Gasteiger partial charge in [-0.3, -0.25) is 14.6 Å². The number of anilines is 2. The van der Waals surface area contributed by atoms with E-state index in [1.54, 1.807) is 23.4 Å². The van der Waals surface area contributed by atoms with Crippen LogP contribution in [0.4, 0.5) is 11.4 Å². The standard InChI is InChI=1S/C23H21N3O3/c1-16-7-9-18(10-8-16)26-15-17(13-22(26)27)23(28)25-20-14-24-12-11-21(20)29-19-5-3-2-4-6-19/h2-12,14,17H,13,15H2,1H3,(H,25,28)/t17-/m1/s1. The molecule has 3 aromatic rings. The van der Waals surface area contributed by atoms with Gasteiger partial charge in [-0.05, 0) is 31.2 Å². The van der Waals surface area contributed by atoms with Gasteiger partial charge in [-0.2, -0.15) is 0 Å². The maximum Gasteiger partial charge on any atom is 0.229 e. The molecule has 1 saturated heterocycles. The number of amides is 2. The number of hydrogen-bond donors (Lipinski definition) is 1. The Morgan fingerprint density at radius 1 is 1.10 bits per heavy atom. The molecule has 6 heteroatoms. The summed E-state index contributed by atoms with van der Waals surface area (Å²) in [6, 6.07) is 18.7. The van der Waals surface area contributed by atoms with E-state index >= 15 is 0 Å². The van der Waals surface area contributed by atoms with Gasteiger partial charge in [0.2, 0.25) is 11.8 Å². The zero-order valence-corrected chi connectivity index (χ0v) is 16.0. The molecule has 1 N–H and O–H groups in total. The summed E-state index contributed by atoms with van der Waals surface area (Å²) in [5.74, 6) is 0.448. The van der Waals surface area contributed by atoms with Crippen molar-refractivity contribution in [1.29, 1.82) is 0 Å². The highest BCUT2D eigenvalue weighted by Crippen LogP contribution is 2.30. The number of pyridine rings is 1. The Balaban J connectivity index is 1.46. The van der Waals surface area contributed by atoms with Crippen LogP contribution in [-0.2, 0) is 9.59 Å². The fourth-order valence-corrected chi connectivity index (χ4v) is 3.27. The Labute approximate surface area is 169 Å². The number of ether oxygens (including phenoxy) is 1. The summed E-state index contributed by atoms with van der Waals surface area (Å²) in [6.07, 6.45) is 3.33. The summed E-state index contributed by atoms with van der Waals surface area (Å²) in [7, 11) is 0. The number of carbonyl (C=O) groups excluding carboxylic acids is 2. The Morgan fingerprint density at radius 3 is 2.62 bits per heavy atom. The van der Waals surface area contributed by atoms with Gasteiger partial charge in [-0.1, -0.05) is 35.9 Å². The summed E-state index contributed by atoms with van der Waals surface area (Å²) < 4.78 is 5.86. The van der Waals surface area contributed by atoms with Crippen LogP contribution in [0.25, 0.3) is 0 Å². The average Bonchev–Trinajstić information content (AvgIpc) is 3.13. The van der Waals surface area contributed by atoms with Crippen LogP contribution in [0, 0.1) is 12.8 Å². The van der Waals surface area contributed by atoms with Gasteiger partial charge in [-0.15, -0.1) is 0 Å². The molecule has 1 fully saturated rings. The third-order valence-electron chi connectivity index (χ3n) is 4.85. The van der Waals surface area contributed by atoms with Crippen molar-refractivity contribution in [1.82, 2.24) is 4.98 Å². The highest BCUT2D eigenvalue weighted by Gasteiger charge is 2.35. The van der Waals surface area contributed by atoms with Crippen LogP contribution in [0.15, 0.2) is 73.1 Å². The molecule has 0 unspecified atom stereocenters. The Bertz CT molecular complexity index is 1020. The number of rotatable bonds is 5. The van der Waals surface area contributed by atoms with Gasteiger partial charge >= 0.3 is 0 Å². The molecule has 4 rings (SSSR count). The summed E-state index contributed by atoms with van der Waals surface area (Å²) in [6.45, 7) is 2.34. The van der Waals surface area contributed by atoms with Crippen LogP contribution in [0.5, 0.6) is 11.5 Å². The summed E-state index contributed by atoms with van der Waals surface area (Å²) in [5.41, 5.74) is 2.41. The normalized spacial score (nSPS) is 16.0. The van der Waals surface area contributed by atoms with Gasteiger partial charge in [0, 0.05) is 30.9 Å². The number of aryl methyl sites for hydroxylation is 1. The van der Waals surface area contributed by atoms with Crippen LogP contribution in [0.2, 0.25) is 0 Å². The zero-order valence-electron chi connectivity index (χ0n) is 16.0. The molecule has 1 aliphatic rings. The van der Waals surface area contributed by atoms with E-state index in [1.165, 1.54) is 0 Å². The van der Waals surface area contributed by atoms with Crippen molar-refractivity contribution in [3.63, 3.8) is 0 Å². The molecule has 0 saturated carbocycles. The molecule has 0 aliphatic carbocycles. The number of nitrogens with zero attached hydrogens (tertiary/aromatic N) is 2. The van der Waals surface area contributed by atoms with Gasteiger partial charge in [0.05, 0.1) is 12.1 Å². The van der Waals surface area contributed by atoms with E-state index in [0.717, 1.165) is 11.3 Å². The quantitative estimate of drug-likeness (QED) is 0.713. The number of nitrogens with one attached hydrogen (secondary N) is 1. The van der Waals surface area contributed by atoms with E-state index in [1.807, 2.05) is 61.5 Å². The lowest BCUT2D eigenvalue weighted by Crippen LogP contribution is -2.28. The molecule has 2 heterocycles. The SMILES string of the molecule is Cc1ccc(N2C[C@H](C(=O)Nc3cnccc3Oc3ccccc3)CC2=O)cc1. The molecule has 6 nitrogen and oxygen atoms in total. The lowest BCUT2D eigenvalue weighted by atomic mass is 10.1. The minimum Gasteiger partial charge on any atom is -0.455 e. The minimum absolute atomic E-state index is 0.0547. The summed E-state index contributed by atoms with van der Waals surface area (Å²) in [5, 5.41) is 2.87. The molecule has 0 spiro atoms. The van der Waals surface area contributed by atoms with Crippen LogP contribution in [0.1, 0.15) is 12.0 Å². The van der Waals surface area contributed by atoms with Gasteiger partial charge in [0.1, 0.15) is 11.4 Å². The zero-order chi connectivity index (χ0) is 20.2. The van der Waals surface area contributed by atoms with E-state index in [0.29, 0.717) is 23.7 Å². The fourth-order valence-electron chi connectivity index (χ4n) is 3.27. The molecule has 2 amide bonds. The summed E-state index contributed by atoms with van der Waals surface area (Å²) in [4.78, 5) is 31.0. The average molecular weight is 387 g/mol. The summed E-state index contributed by atoms with van der Waals surface area (Å²) >= 11 is 0. The van der Waals surface area contributed by atoms with Crippen LogP contribution in [-0.4, -0.2) is 23.3 Å². The smallest absolute Gasteiger partial charge is 0.229 e. The third kappa shape index (κ3) is 4.27. The molecule has 2 aromatic carbocycles. The Hall–Kier alpha value is -3.67. The minimum atomic E-state index is -0.436. The van der Waals surface area contributed by atoms with Crippen molar-refractivity contribution in [3.8, 4) is 11.5 Å². The molecule has 1 aliphatic heterocycles. The van der Waals surface area contributed by atoms with Gasteiger partial charge in [0.15, 0.2) is 5.75 Å². The fraction of sp³-hybridized carbons (Fsp3) is 0.174. The van der Waals surface area contributed by atoms with E-state index in [-0.39, 0.29) is 18.2 Å². The lowest BCUT2D eigenvalue weighted by Gasteiger charge is -2.17. The van der Waals surface area contributed by atoms with Crippen LogP contribution < -0.4 is 15.0 Å². The van der Waals surface area contributed by atoms with Crippen molar-refractivity contribution < 1.29 is 14.3 Å². The van der Waals surface area contributed by atoms with Crippen molar-refractivity contribution >= 4 is 23.2 Å². The second-order valence-electron chi connectivity index (χ2n) is 7.02. The predicted molar refractivity (Wildman–Crippen MR) is 111 cm³/mol. The van der Waals surface area contributed by atoms with Crippen LogP contribution >= 0.6 is 0 Å². The molecular weight excluding hydrogens is 366 g/mol. The second-order valence-corrected chi connectivity index (χ2v) is 7.02. The molecule has 29 heavy (non-hydrogen) atoms. The maximum atomic E-state index is 12.8. The largest absolute Gasteiger partial charge is 0.455 e. The first-order valence-corrected chi connectivity index (χ1v) is 9.45. The first kappa shape index (κ1) is 18.7. The lowest BCUT2D eigenvalue weighted by molar-refractivity contribution is -0.122. The molecule has 0 bridgehead atoms. The molecule has 1 aromatic heterocycles. The number of hydrogen-bond acceptors (Lipinski definition) is 4. The maximum absolute atomic E-state index is 12.8. The first-order valence-electron chi connectivity index (χ1n) is 9.45. The van der Waals surface area contributed by atoms with E-state index in [2.05, 4.69) is 10.3 Å². The number of aromatic nitrogens is 1. The molecule has 0 radical (unpaired) electrons. The van der Waals surface area contributed by atoms with E-state index in [4.69, 9.17) is 4.74 Å². The van der Waals surface area contributed by atoms with Crippen LogP contribution in [0.3, 0.4) is 0 Å². The van der Waals surface area contributed by atoms with E-state index in [9.17, 15) is 9.59 Å². The Morgan fingerprint density at radius 2 is 1.86 bits per heavy atom. The number of carbonyl (C=O) groups is 2. The van der Waals surface area contributed by atoms with Crippen molar-refractivity contribution in [2.24, 2.45) is 5.92 Å². The number of para-hydroxylation sites is 1. The van der Waals surface area contributed by atoms with Gasteiger partial charge in [0.25, 0.3) is 0 Å². The number of benzene rings is 2. The highest BCUT2D eigenvalue weighted by molar-refractivity contribution is 6.03. The third-order valence-corrected chi connectivity index (χ3v) is 4.85. The Kier molecular flexibility index (Phi) is 5.24. The van der Waals surface area contributed by atoms with Gasteiger partial charge in [-0.25, -0.2) is 0 Å². The van der Waals surface area contributed by atoms with Crippen molar-refractivity contribution in [3.05, 3.63) is 78.6 Å². The topological polar surface area (TPSA) is 71.5 Å². The van der Waals surface area contributed by atoms with Crippen molar-refractivity contribution in [2.45, 2.75) is 13.3 Å². The molecular formula is C23H21N3O3. The van der Waals surface area contributed by atoms with Crippen molar-refractivity contribution in [2.75, 3.05) is 16.8 Å². The molecule has 146 valence electrons. The first-order chi connectivity index (χ1) is 14.1. The molecule has 1 atom stereocenters.